The smallest absolute Gasteiger partial charge is 0.242 e. The Labute approximate surface area is 104 Å². The van der Waals surface area contributed by atoms with E-state index in [0.29, 0.717) is 18.9 Å². The minimum atomic E-state index is -0.488. The van der Waals surface area contributed by atoms with Gasteiger partial charge < -0.3 is 16.4 Å². The minimum Gasteiger partial charge on any atom is -0.352 e. The highest BCUT2D eigenvalue weighted by Gasteiger charge is 2.16. The fourth-order valence-corrected chi connectivity index (χ4v) is 1.28. The standard InChI is InChI=1S/C12H25N3O2/c1-8(2)14-12(17)10(4)15-11(16)6-5-9(3)7-13/h8-10H,5-7,13H2,1-4H3,(H,14,17)(H,15,16). The predicted octanol–water partition coefficient (Wildman–Crippen LogP) is 0.391. The van der Waals surface area contributed by atoms with Gasteiger partial charge in [-0.1, -0.05) is 6.92 Å². The number of amides is 2. The lowest BCUT2D eigenvalue weighted by molar-refractivity contribution is -0.129. The summed E-state index contributed by atoms with van der Waals surface area (Å²) >= 11 is 0. The second-order valence-corrected chi connectivity index (χ2v) is 4.83. The van der Waals surface area contributed by atoms with Crippen molar-refractivity contribution in [1.82, 2.24) is 10.6 Å². The number of hydrogen-bond acceptors (Lipinski definition) is 3. The zero-order valence-corrected chi connectivity index (χ0v) is 11.2. The van der Waals surface area contributed by atoms with Gasteiger partial charge in [-0.3, -0.25) is 9.59 Å². The molecule has 0 heterocycles. The summed E-state index contributed by atoms with van der Waals surface area (Å²) < 4.78 is 0. The molecule has 0 aliphatic heterocycles. The van der Waals surface area contributed by atoms with Crippen LogP contribution in [0.4, 0.5) is 0 Å². The van der Waals surface area contributed by atoms with Crippen molar-refractivity contribution in [2.45, 2.75) is 52.6 Å². The maximum absolute atomic E-state index is 11.5. The van der Waals surface area contributed by atoms with E-state index in [1.54, 1.807) is 6.92 Å². The molecular weight excluding hydrogens is 218 g/mol. The van der Waals surface area contributed by atoms with E-state index in [1.807, 2.05) is 20.8 Å². The van der Waals surface area contributed by atoms with Crippen molar-refractivity contribution in [1.29, 1.82) is 0 Å². The van der Waals surface area contributed by atoms with Gasteiger partial charge in [0.2, 0.25) is 11.8 Å². The second kappa shape index (κ2) is 8.06. The molecule has 4 N–H and O–H groups in total. The highest BCUT2D eigenvalue weighted by Crippen LogP contribution is 2.03. The van der Waals surface area contributed by atoms with Crippen LogP contribution in [0.15, 0.2) is 0 Å². The molecule has 0 aromatic heterocycles. The van der Waals surface area contributed by atoms with Crippen molar-refractivity contribution in [3.63, 3.8) is 0 Å². The first-order valence-electron chi connectivity index (χ1n) is 6.16. The van der Waals surface area contributed by atoms with Crippen LogP contribution in [-0.4, -0.2) is 30.4 Å². The molecule has 5 heteroatoms. The Hall–Kier alpha value is -1.10. The van der Waals surface area contributed by atoms with Crippen molar-refractivity contribution in [3.05, 3.63) is 0 Å². The van der Waals surface area contributed by atoms with Crippen LogP contribution in [0.2, 0.25) is 0 Å². The van der Waals surface area contributed by atoms with Gasteiger partial charge in [0.25, 0.3) is 0 Å². The lowest BCUT2D eigenvalue weighted by atomic mass is 10.1. The van der Waals surface area contributed by atoms with E-state index in [0.717, 1.165) is 6.42 Å². The van der Waals surface area contributed by atoms with Gasteiger partial charge in [-0.2, -0.15) is 0 Å². The molecule has 0 bridgehead atoms. The summed E-state index contributed by atoms with van der Waals surface area (Å²) in [6.07, 6.45) is 1.17. The van der Waals surface area contributed by atoms with Gasteiger partial charge in [0, 0.05) is 12.5 Å². The van der Waals surface area contributed by atoms with E-state index in [2.05, 4.69) is 10.6 Å². The van der Waals surface area contributed by atoms with Gasteiger partial charge in [0.15, 0.2) is 0 Å². The molecule has 0 aliphatic rings. The van der Waals surface area contributed by atoms with Gasteiger partial charge in [-0.25, -0.2) is 0 Å². The monoisotopic (exact) mass is 243 g/mol. The van der Waals surface area contributed by atoms with Crippen LogP contribution in [0.1, 0.15) is 40.5 Å². The fourth-order valence-electron chi connectivity index (χ4n) is 1.28. The summed E-state index contributed by atoms with van der Waals surface area (Å²) in [6, 6.07) is -0.405. The van der Waals surface area contributed by atoms with Crippen LogP contribution in [0.3, 0.4) is 0 Å². The van der Waals surface area contributed by atoms with E-state index < -0.39 is 6.04 Å². The SMILES string of the molecule is CC(CN)CCC(=O)NC(C)C(=O)NC(C)C. The average molecular weight is 243 g/mol. The molecule has 2 atom stereocenters. The zero-order valence-electron chi connectivity index (χ0n) is 11.2. The number of hydrogen-bond donors (Lipinski definition) is 3. The second-order valence-electron chi connectivity index (χ2n) is 4.83. The summed E-state index contributed by atoms with van der Waals surface area (Å²) in [7, 11) is 0. The quantitative estimate of drug-likeness (QED) is 0.605. The maximum atomic E-state index is 11.5. The first-order valence-corrected chi connectivity index (χ1v) is 6.16. The summed E-state index contributed by atoms with van der Waals surface area (Å²) in [5, 5.41) is 5.42. The first kappa shape index (κ1) is 15.9. The van der Waals surface area contributed by atoms with E-state index in [9.17, 15) is 9.59 Å². The lowest BCUT2D eigenvalue weighted by Gasteiger charge is -2.16. The third kappa shape index (κ3) is 7.74. The van der Waals surface area contributed by atoms with E-state index in [1.165, 1.54) is 0 Å². The number of carbonyl (C=O) groups excluding carboxylic acids is 2. The molecule has 0 radical (unpaired) electrons. The highest BCUT2D eigenvalue weighted by molar-refractivity contribution is 5.87. The van der Waals surface area contributed by atoms with Crippen LogP contribution in [0.25, 0.3) is 0 Å². The van der Waals surface area contributed by atoms with Crippen LogP contribution in [0.5, 0.6) is 0 Å². The Balaban J connectivity index is 3.91. The number of carbonyl (C=O) groups is 2. The Morgan fingerprint density at radius 2 is 1.71 bits per heavy atom. The van der Waals surface area contributed by atoms with E-state index >= 15 is 0 Å². The van der Waals surface area contributed by atoms with Crippen molar-refractivity contribution < 1.29 is 9.59 Å². The Morgan fingerprint density at radius 1 is 1.12 bits per heavy atom. The van der Waals surface area contributed by atoms with Crippen molar-refractivity contribution in [2.24, 2.45) is 11.7 Å². The number of rotatable bonds is 7. The summed E-state index contributed by atoms with van der Waals surface area (Å²) in [4.78, 5) is 23.1. The fraction of sp³-hybridized carbons (Fsp3) is 0.833. The van der Waals surface area contributed by atoms with Crippen LogP contribution < -0.4 is 16.4 Å². The Bertz CT molecular complexity index is 254. The zero-order chi connectivity index (χ0) is 13.4. The molecule has 0 saturated carbocycles. The molecule has 100 valence electrons. The highest BCUT2D eigenvalue weighted by atomic mass is 16.2. The topological polar surface area (TPSA) is 84.2 Å². The summed E-state index contributed by atoms with van der Waals surface area (Å²) in [5.74, 6) is 0.0810. The molecule has 0 aromatic rings. The molecule has 0 fully saturated rings. The normalized spacial score (nSPS) is 14.2. The summed E-state index contributed by atoms with van der Waals surface area (Å²) in [5.41, 5.74) is 5.47. The van der Waals surface area contributed by atoms with Gasteiger partial charge in [0.05, 0.1) is 0 Å². The molecular formula is C12H25N3O2. The predicted molar refractivity (Wildman–Crippen MR) is 68.3 cm³/mol. The lowest BCUT2D eigenvalue weighted by Crippen LogP contribution is -2.46. The van der Waals surface area contributed by atoms with E-state index in [-0.39, 0.29) is 17.9 Å². The number of nitrogens with one attached hydrogen (secondary N) is 2. The maximum Gasteiger partial charge on any atom is 0.242 e. The Kier molecular flexibility index (Phi) is 7.54. The number of nitrogens with two attached hydrogens (primary N) is 1. The molecule has 0 saturated heterocycles. The van der Waals surface area contributed by atoms with Gasteiger partial charge in [-0.05, 0) is 39.7 Å². The molecule has 2 unspecified atom stereocenters. The molecule has 0 rings (SSSR count). The molecule has 2 amide bonds. The molecule has 5 nitrogen and oxygen atoms in total. The van der Waals surface area contributed by atoms with Crippen LogP contribution >= 0.6 is 0 Å². The molecule has 0 aromatic carbocycles. The van der Waals surface area contributed by atoms with Crippen LogP contribution in [0, 0.1) is 5.92 Å². The van der Waals surface area contributed by atoms with Gasteiger partial charge in [0.1, 0.15) is 6.04 Å². The largest absolute Gasteiger partial charge is 0.352 e. The average Bonchev–Trinajstić information content (AvgIpc) is 2.24. The van der Waals surface area contributed by atoms with Gasteiger partial charge >= 0.3 is 0 Å². The van der Waals surface area contributed by atoms with Crippen molar-refractivity contribution >= 4 is 11.8 Å². The first-order chi connectivity index (χ1) is 7.86. The molecule has 0 spiro atoms. The minimum absolute atomic E-state index is 0.0825. The molecule has 17 heavy (non-hydrogen) atoms. The van der Waals surface area contributed by atoms with E-state index in [4.69, 9.17) is 5.73 Å². The van der Waals surface area contributed by atoms with Crippen molar-refractivity contribution in [3.8, 4) is 0 Å². The van der Waals surface area contributed by atoms with Gasteiger partial charge in [-0.15, -0.1) is 0 Å². The van der Waals surface area contributed by atoms with Crippen LogP contribution in [-0.2, 0) is 9.59 Å². The van der Waals surface area contributed by atoms with Crippen molar-refractivity contribution in [2.75, 3.05) is 6.54 Å². The molecule has 0 aliphatic carbocycles. The summed E-state index contributed by atoms with van der Waals surface area (Å²) in [6.45, 7) is 8.03. The third-order valence-corrected chi connectivity index (χ3v) is 2.47. The third-order valence-electron chi connectivity index (χ3n) is 2.47. The Morgan fingerprint density at radius 3 is 2.18 bits per heavy atom.